The van der Waals surface area contributed by atoms with Gasteiger partial charge in [-0.1, -0.05) is 73.2 Å². The molecule has 0 saturated heterocycles. The molecule has 0 spiro atoms. The van der Waals surface area contributed by atoms with Crippen LogP contribution in [-0.2, 0) is 60.7 Å². The minimum Gasteiger partial charge on any atom is -0.459 e. The number of alkyl halides is 24. The molecule has 0 aliphatic heterocycles. The molecule has 28 heteroatoms. The highest BCUT2D eigenvalue weighted by Crippen LogP contribution is 2.41. The molecule has 6 aromatic rings. The monoisotopic (exact) mass is 1160 g/mol. The van der Waals surface area contributed by atoms with E-state index >= 15 is 0 Å². The van der Waals surface area contributed by atoms with Gasteiger partial charge < -0.3 is 4.74 Å². The maximum atomic E-state index is 14.2. The summed E-state index contributed by atoms with van der Waals surface area (Å²) in [6, 6.07) is 4.94. The number of pyridine rings is 1. The van der Waals surface area contributed by atoms with Crippen LogP contribution in [0.25, 0.3) is 0 Å². The number of ether oxygens (including phenoxy) is 1. The maximum absolute atomic E-state index is 14.2. The van der Waals surface area contributed by atoms with Gasteiger partial charge in [0.2, 0.25) is 0 Å². The van der Waals surface area contributed by atoms with E-state index in [2.05, 4.69) is 4.57 Å². The number of nitrogens with zero attached hydrogens (tertiary/aromatic N) is 1. The van der Waals surface area contributed by atoms with Crippen molar-refractivity contribution in [3.63, 3.8) is 0 Å². The molecule has 0 N–H and O–H groups in total. The first kappa shape index (κ1) is 61.3. The SMILES string of the molecule is FC(F)(F)c1cc([B-](c2cc(C(F)(F)F)cc(C(F)(F)F)c2)(c2cc(C(F)(F)F)cc(C(F)(F)F)c2)c2cc(C(F)(F)F)cc(C(F)(F)F)c2)cc(C(F)(F)F)c1.O=C(OC1CCCCC1)c1ccc(C[n+]2ccccc2)cc1. The van der Waals surface area contributed by atoms with E-state index < -0.39 is 195 Å². The first-order chi connectivity index (χ1) is 36.1. The summed E-state index contributed by atoms with van der Waals surface area (Å²) in [5, 5.41) is 0. The number of carbonyl (C=O) groups is 1. The fourth-order valence-corrected chi connectivity index (χ4v) is 8.97. The van der Waals surface area contributed by atoms with E-state index in [4.69, 9.17) is 4.74 Å². The van der Waals surface area contributed by atoms with Crippen molar-refractivity contribution in [2.75, 3.05) is 0 Å². The van der Waals surface area contributed by atoms with Gasteiger partial charge in [0.25, 0.3) is 0 Å². The smallest absolute Gasteiger partial charge is 0.416 e. The van der Waals surface area contributed by atoms with Crippen LogP contribution in [0.4, 0.5) is 105 Å². The molecule has 0 radical (unpaired) electrons. The second-order valence-corrected chi connectivity index (χ2v) is 18.1. The molecule has 426 valence electrons. The fraction of sp³-hybridized carbons (Fsp3) is 0.294. The number of hydrogen-bond acceptors (Lipinski definition) is 2. The van der Waals surface area contributed by atoms with Crippen LogP contribution < -0.4 is 26.4 Å². The lowest BCUT2D eigenvalue weighted by atomic mass is 9.12. The molecule has 7 rings (SSSR count). The molecule has 5 aromatic carbocycles. The van der Waals surface area contributed by atoms with Crippen LogP contribution in [0.1, 0.15) is 92.5 Å². The number of halogens is 24. The first-order valence-corrected chi connectivity index (χ1v) is 22.7. The molecular weight excluding hydrogens is 1130 g/mol. The molecule has 3 nitrogen and oxygen atoms in total. The van der Waals surface area contributed by atoms with Gasteiger partial charge in [-0.3, -0.25) is 0 Å². The molecule has 1 saturated carbocycles. The topological polar surface area (TPSA) is 30.2 Å². The van der Waals surface area contributed by atoms with Crippen molar-refractivity contribution in [2.24, 2.45) is 0 Å². The molecular formula is C51H34BF24NO2. The van der Waals surface area contributed by atoms with E-state index in [1.165, 1.54) is 24.8 Å². The Balaban J connectivity index is 0.000000378. The predicted octanol–water partition coefficient (Wildman–Crippen LogP) is 14.7. The average molecular weight is 1160 g/mol. The zero-order chi connectivity index (χ0) is 59.1. The molecule has 0 atom stereocenters. The van der Waals surface area contributed by atoms with E-state index in [1.807, 2.05) is 54.9 Å². The normalized spacial score (nSPS) is 14.6. The van der Waals surface area contributed by atoms with Gasteiger partial charge in [0.15, 0.2) is 18.9 Å². The van der Waals surface area contributed by atoms with Crippen molar-refractivity contribution in [1.29, 1.82) is 0 Å². The van der Waals surface area contributed by atoms with Crippen LogP contribution in [0.3, 0.4) is 0 Å². The minimum atomic E-state index is -6.13. The van der Waals surface area contributed by atoms with Gasteiger partial charge in [0.05, 0.1) is 50.1 Å². The Labute approximate surface area is 430 Å². The van der Waals surface area contributed by atoms with Gasteiger partial charge in [0.1, 0.15) is 12.2 Å². The van der Waals surface area contributed by atoms with Crippen LogP contribution in [0.15, 0.2) is 128 Å². The molecule has 0 bridgehead atoms. The Morgan fingerprint density at radius 3 is 0.911 bits per heavy atom. The molecule has 1 aliphatic rings. The lowest BCUT2D eigenvalue weighted by molar-refractivity contribution is -0.688. The lowest BCUT2D eigenvalue weighted by Gasteiger charge is -2.46. The van der Waals surface area contributed by atoms with Crippen LogP contribution in [0.5, 0.6) is 0 Å². The van der Waals surface area contributed by atoms with Gasteiger partial charge in [-0.25, -0.2) is 9.36 Å². The summed E-state index contributed by atoms with van der Waals surface area (Å²) in [5.41, 5.74) is -28.4. The summed E-state index contributed by atoms with van der Waals surface area (Å²) in [6.45, 7) is 0.804. The summed E-state index contributed by atoms with van der Waals surface area (Å²) in [4.78, 5) is 12.2. The Hall–Kier alpha value is -6.90. The zero-order valence-electron chi connectivity index (χ0n) is 39.4. The zero-order valence-corrected chi connectivity index (χ0v) is 39.4. The first-order valence-electron chi connectivity index (χ1n) is 22.7. The summed E-state index contributed by atoms with van der Waals surface area (Å²) < 4.78 is 349. The summed E-state index contributed by atoms with van der Waals surface area (Å²) in [6.07, 6.45) is -45.0. The number of carbonyl (C=O) groups excluding carboxylic acids is 1. The average Bonchev–Trinajstić information content (AvgIpc) is 3.33. The Bertz CT molecular complexity index is 2670. The molecule has 1 aromatic heterocycles. The summed E-state index contributed by atoms with van der Waals surface area (Å²) >= 11 is 0. The fourth-order valence-electron chi connectivity index (χ4n) is 8.97. The van der Waals surface area contributed by atoms with Gasteiger partial charge in [-0.05, 0) is 62.1 Å². The third-order valence-electron chi connectivity index (χ3n) is 12.6. The molecule has 1 fully saturated rings. The molecule has 0 unspecified atom stereocenters. The third kappa shape index (κ3) is 14.9. The van der Waals surface area contributed by atoms with Crippen molar-refractivity contribution in [3.05, 3.63) is 183 Å². The van der Waals surface area contributed by atoms with E-state index in [9.17, 15) is 110 Å². The second kappa shape index (κ2) is 22.0. The number of hydrogen-bond donors (Lipinski definition) is 0. The van der Waals surface area contributed by atoms with Gasteiger partial charge >= 0.3 is 55.4 Å². The van der Waals surface area contributed by atoms with Crippen LogP contribution >= 0.6 is 0 Å². The maximum Gasteiger partial charge on any atom is 0.416 e. The van der Waals surface area contributed by atoms with E-state index in [0.717, 1.165) is 19.4 Å². The highest BCUT2D eigenvalue weighted by Gasteiger charge is 2.47. The molecule has 1 aliphatic carbocycles. The molecule has 1 heterocycles. The standard InChI is InChI=1S/C32H12BF24.C19H22NO2/c34-25(35,36)13-1-14(26(37,38)39)6-21(5-13)33(22-7-15(27(40,41)42)2-16(8-22)28(43,44)45,23-9-17(29(46,47)48)3-18(10-23)30(49,50)51)24-11-19(31(52,53)54)4-20(12-24)32(55,56)57;21-19(22-18-7-3-1-4-8-18)17-11-9-16(10-12-17)15-20-13-5-2-6-14-20/h1-12H;2,5-6,9-14,18H,1,3-4,7-8,15H2/q-1;+1. The van der Waals surface area contributed by atoms with Gasteiger partial charge in [0, 0.05) is 17.7 Å². The third-order valence-corrected chi connectivity index (χ3v) is 12.6. The quantitative estimate of drug-likeness (QED) is 0.0658. The Morgan fingerprint density at radius 1 is 0.392 bits per heavy atom. The van der Waals surface area contributed by atoms with Crippen molar-refractivity contribution in [2.45, 2.75) is 94.2 Å². The molecule has 79 heavy (non-hydrogen) atoms. The van der Waals surface area contributed by atoms with Crippen LogP contribution in [0, 0.1) is 0 Å². The van der Waals surface area contributed by atoms with Crippen molar-refractivity contribution >= 4 is 34.0 Å². The highest BCUT2D eigenvalue weighted by atomic mass is 19.4. The lowest BCUT2D eigenvalue weighted by Crippen LogP contribution is -2.75. The number of esters is 1. The van der Waals surface area contributed by atoms with E-state index in [-0.39, 0.29) is 12.1 Å². The van der Waals surface area contributed by atoms with Crippen LogP contribution in [0.2, 0.25) is 0 Å². The van der Waals surface area contributed by atoms with E-state index in [0.29, 0.717) is 5.56 Å². The van der Waals surface area contributed by atoms with Crippen LogP contribution in [-0.4, -0.2) is 18.2 Å². The Kier molecular flexibility index (Phi) is 17.1. The van der Waals surface area contributed by atoms with Gasteiger partial charge in [-0.2, -0.15) is 127 Å². The number of aromatic nitrogens is 1. The summed E-state index contributed by atoms with van der Waals surface area (Å²) in [7, 11) is 0. The highest BCUT2D eigenvalue weighted by molar-refractivity contribution is 7.20. The Morgan fingerprint density at radius 2 is 0.658 bits per heavy atom. The van der Waals surface area contributed by atoms with Crippen molar-refractivity contribution < 1.29 is 119 Å². The number of rotatable bonds is 8. The minimum absolute atomic E-state index is 0.112. The van der Waals surface area contributed by atoms with Gasteiger partial charge in [-0.15, -0.1) is 0 Å². The summed E-state index contributed by atoms with van der Waals surface area (Å²) in [5.74, 6) is -0.189. The molecule has 0 amide bonds. The largest absolute Gasteiger partial charge is 0.459 e. The van der Waals surface area contributed by atoms with E-state index in [1.54, 1.807) is 0 Å². The van der Waals surface area contributed by atoms with Crippen molar-refractivity contribution in [3.8, 4) is 0 Å². The van der Waals surface area contributed by atoms with Crippen molar-refractivity contribution in [1.82, 2.24) is 0 Å². The predicted molar refractivity (Wildman–Crippen MR) is 235 cm³/mol. The second-order valence-electron chi connectivity index (χ2n) is 18.1. The number of benzene rings is 5.